The van der Waals surface area contributed by atoms with Crippen molar-refractivity contribution in [2.24, 2.45) is 5.41 Å². The minimum atomic E-state index is -0.757. The van der Waals surface area contributed by atoms with Crippen LogP contribution in [0.5, 0.6) is 5.75 Å². The summed E-state index contributed by atoms with van der Waals surface area (Å²) in [6, 6.07) is 10.3. The molecule has 0 unspecified atom stereocenters. The second-order valence-corrected chi connectivity index (χ2v) is 6.35. The Morgan fingerprint density at radius 1 is 1.17 bits per heavy atom. The molecule has 3 rings (SSSR count). The molecule has 0 radical (unpaired) electrons. The number of para-hydroxylation sites is 2. The molecule has 1 heterocycles. The van der Waals surface area contributed by atoms with E-state index in [1.165, 1.54) is 0 Å². The average molecular weight is 313 g/mol. The number of carbonyl (C=O) groups is 1. The van der Waals surface area contributed by atoms with Crippen molar-refractivity contribution >= 4 is 11.6 Å². The Bertz CT molecular complexity index is 609. The Labute approximate surface area is 137 Å². The highest BCUT2D eigenvalue weighted by molar-refractivity contribution is 5.86. The number of hydrogen-bond donors (Lipinski definition) is 0. The molecule has 0 spiro atoms. The van der Waals surface area contributed by atoms with Crippen LogP contribution in [0.15, 0.2) is 24.3 Å². The van der Waals surface area contributed by atoms with Crippen molar-refractivity contribution in [3.8, 4) is 11.8 Å². The Balaban J connectivity index is 1.67. The van der Waals surface area contributed by atoms with Crippen LogP contribution < -0.4 is 9.64 Å². The number of hydrogen-bond acceptors (Lipinski definition) is 4. The van der Waals surface area contributed by atoms with Crippen molar-refractivity contribution < 1.29 is 9.53 Å². The number of amides is 1. The minimum absolute atomic E-state index is 0.0391. The largest absolute Gasteiger partial charge is 0.495 e. The standard InChI is InChI=1S/C18H23N3O2/c1-23-16-7-3-2-6-15(16)20-10-12-21(13-11-20)17(22)18(14-19)8-4-5-9-18/h2-3,6-7H,4-5,8-13H2,1H3. The monoisotopic (exact) mass is 313 g/mol. The highest BCUT2D eigenvalue weighted by Gasteiger charge is 2.44. The molecular formula is C18H23N3O2. The first-order chi connectivity index (χ1) is 11.2. The van der Waals surface area contributed by atoms with Crippen LogP contribution in [0, 0.1) is 16.7 Å². The van der Waals surface area contributed by atoms with E-state index in [4.69, 9.17) is 4.74 Å². The van der Waals surface area contributed by atoms with Gasteiger partial charge in [0.15, 0.2) is 0 Å². The smallest absolute Gasteiger partial charge is 0.243 e. The van der Waals surface area contributed by atoms with Crippen LogP contribution in [0.25, 0.3) is 0 Å². The van der Waals surface area contributed by atoms with Crippen LogP contribution >= 0.6 is 0 Å². The van der Waals surface area contributed by atoms with Gasteiger partial charge in [-0.1, -0.05) is 25.0 Å². The van der Waals surface area contributed by atoms with Crippen molar-refractivity contribution in [2.75, 3.05) is 38.2 Å². The van der Waals surface area contributed by atoms with Crippen LogP contribution in [0.2, 0.25) is 0 Å². The number of piperazine rings is 1. The molecule has 2 fully saturated rings. The lowest BCUT2D eigenvalue weighted by molar-refractivity contribution is -0.139. The summed E-state index contributed by atoms with van der Waals surface area (Å²) in [6.07, 6.45) is 3.41. The van der Waals surface area contributed by atoms with Crippen LogP contribution in [-0.2, 0) is 4.79 Å². The SMILES string of the molecule is COc1ccccc1N1CCN(C(=O)C2(C#N)CCCC2)CC1. The lowest BCUT2D eigenvalue weighted by Crippen LogP contribution is -2.52. The summed E-state index contributed by atoms with van der Waals surface area (Å²) in [5, 5.41) is 9.49. The fourth-order valence-corrected chi connectivity index (χ4v) is 3.70. The topological polar surface area (TPSA) is 56.6 Å². The fraction of sp³-hybridized carbons (Fsp3) is 0.556. The Hall–Kier alpha value is -2.22. The van der Waals surface area contributed by atoms with Gasteiger partial charge in [-0.15, -0.1) is 0 Å². The van der Waals surface area contributed by atoms with E-state index >= 15 is 0 Å². The molecule has 0 aromatic heterocycles. The number of benzene rings is 1. The molecule has 1 aliphatic carbocycles. The van der Waals surface area contributed by atoms with Crippen molar-refractivity contribution in [1.29, 1.82) is 5.26 Å². The summed E-state index contributed by atoms with van der Waals surface area (Å²) in [7, 11) is 1.68. The molecular weight excluding hydrogens is 290 g/mol. The molecule has 5 nitrogen and oxygen atoms in total. The number of nitrogens with zero attached hydrogens (tertiary/aromatic N) is 3. The van der Waals surface area contributed by atoms with Crippen LogP contribution in [0.3, 0.4) is 0 Å². The maximum atomic E-state index is 12.8. The van der Waals surface area contributed by atoms with E-state index in [9.17, 15) is 10.1 Å². The highest BCUT2D eigenvalue weighted by Crippen LogP contribution is 2.39. The summed E-state index contributed by atoms with van der Waals surface area (Å²) in [5.41, 5.74) is 0.310. The van der Waals surface area contributed by atoms with Gasteiger partial charge in [-0.2, -0.15) is 5.26 Å². The van der Waals surface area contributed by atoms with Gasteiger partial charge in [0.25, 0.3) is 0 Å². The van der Waals surface area contributed by atoms with Gasteiger partial charge in [0.1, 0.15) is 11.2 Å². The zero-order chi connectivity index (χ0) is 16.3. The summed E-state index contributed by atoms with van der Waals surface area (Å²) in [4.78, 5) is 16.9. The van der Waals surface area contributed by atoms with Gasteiger partial charge in [-0.05, 0) is 25.0 Å². The highest BCUT2D eigenvalue weighted by atomic mass is 16.5. The lowest BCUT2D eigenvalue weighted by Gasteiger charge is -2.39. The van der Waals surface area contributed by atoms with Gasteiger partial charge in [-0.3, -0.25) is 4.79 Å². The fourth-order valence-electron chi connectivity index (χ4n) is 3.70. The van der Waals surface area contributed by atoms with Crippen molar-refractivity contribution in [2.45, 2.75) is 25.7 Å². The third-order valence-corrected chi connectivity index (χ3v) is 5.07. The lowest BCUT2D eigenvalue weighted by atomic mass is 9.86. The third-order valence-electron chi connectivity index (χ3n) is 5.07. The normalized spacial score (nSPS) is 20.2. The second kappa shape index (κ2) is 6.49. The van der Waals surface area contributed by atoms with Gasteiger partial charge in [0.05, 0.1) is 18.9 Å². The molecule has 122 valence electrons. The Kier molecular flexibility index (Phi) is 4.42. The number of anilines is 1. The molecule has 1 saturated heterocycles. The molecule has 0 atom stereocenters. The molecule has 2 aliphatic rings. The maximum Gasteiger partial charge on any atom is 0.243 e. The molecule has 1 saturated carbocycles. The van der Waals surface area contributed by atoms with Gasteiger partial charge < -0.3 is 14.5 Å². The zero-order valence-corrected chi connectivity index (χ0v) is 13.6. The van der Waals surface area contributed by atoms with Gasteiger partial charge in [0.2, 0.25) is 5.91 Å². The maximum absolute atomic E-state index is 12.8. The molecule has 1 aliphatic heterocycles. The Morgan fingerprint density at radius 3 is 2.43 bits per heavy atom. The summed E-state index contributed by atoms with van der Waals surface area (Å²) < 4.78 is 5.42. The molecule has 1 aromatic rings. The van der Waals surface area contributed by atoms with Gasteiger partial charge in [-0.25, -0.2) is 0 Å². The molecule has 23 heavy (non-hydrogen) atoms. The Morgan fingerprint density at radius 2 is 1.83 bits per heavy atom. The summed E-state index contributed by atoms with van der Waals surface area (Å²) in [5.74, 6) is 0.897. The van der Waals surface area contributed by atoms with Crippen molar-refractivity contribution in [3.05, 3.63) is 24.3 Å². The van der Waals surface area contributed by atoms with Crippen LogP contribution in [0.4, 0.5) is 5.69 Å². The first-order valence-electron chi connectivity index (χ1n) is 8.29. The number of carbonyl (C=O) groups excluding carboxylic acids is 1. The molecule has 0 bridgehead atoms. The van der Waals surface area contributed by atoms with E-state index < -0.39 is 5.41 Å². The second-order valence-electron chi connectivity index (χ2n) is 6.35. The number of nitriles is 1. The molecule has 1 amide bonds. The number of ether oxygens (including phenoxy) is 1. The van der Waals surface area contributed by atoms with E-state index in [1.54, 1.807) is 7.11 Å². The van der Waals surface area contributed by atoms with Crippen LogP contribution in [-0.4, -0.2) is 44.1 Å². The van der Waals surface area contributed by atoms with Crippen LogP contribution in [0.1, 0.15) is 25.7 Å². The first kappa shape index (κ1) is 15.7. The summed E-state index contributed by atoms with van der Waals surface area (Å²) >= 11 is 0. The van der Waals surface area contributed by atoms with E-state index in [-0.39, 0.29) is 5.91 Å². The predicted octanol–water partition coefficient (Wildman–Crippen LogP) is 2.43. The van der Waals surface area contributed by atoms with Gasteiger partial charge in [0, 0.05) is 26.2 Å². The van der Waals surface area contributed by atoms with Gasteiger partial charge >= 0.3 is 0 Å². The molecule has 1 aromatic carbocycles. The number of rotatable bonds is 3. The van der Waals surface area contributed by atoms with E-state index in [1.807, 2.05) is 29.2 Å². The van der Waals surface area contributed by atoms with E-state index in [2.05, 4.69) is 11.0 Å². The van der Waals surface area contributed by atoms with E-state index in [0.717, 1.165) is 50.2 Å². The zero-order valence-electron chi connectivity index (χ0n) is 13.6. The number of methoxy groups -OCH3 is 1. The first-order valence-corrected chi connectivity index (χ1v) is 8.29. The third kappa shape index (κ3) is 2.86. The van der Waals surface area contributed by atoms with Crippen molar-refractivity contribution in [3.63, 3.8) is 0 Å². The quantitative estimate of drug-likeness (QED) is 0.860. The summed E-state index contributed by atoms with van der Waals surface area (Å²) in [6.45, 7) is 2.88. The minimum Gasteiger partial charge on any atom is -0.495 e. The predicted molar refractivity (Wildman–Crippen MR) is 88.3 cm³/mol. The molecule has 0 N–H and O–H groups in total. The molecule has 5 heteroatoms. The van der Waals surface area contributed by atoms with E-state index in [0.29, 0.717) is 13.1 Å². The van der Waals surface area contributed by atoms with Crippen molar-refractivity contribution in [1.82, 2.24) is 4.90 Å². The average Bonchev–Trinajstić information content (AvgIpc) is 3.11.